The fourth-order valence-corrected chi connectivity index (χ4v) is 4.64. The van der Waals surface area contributed by atoms with Crippen LogP contribution >= 0.6 is 15.9 Å². The van der Waals surface area contributed by atoms with Gasteiger partial charge in [0.05, 0.1) is 6.61 Å². The Morgan fingerprint density at radius 3 is 1.78 bits per heavy atom. The third-order valence-electron chi connectivity index (χ3n) is 7.04. The van der Waals surface area contributed by atoms with Gasteiger partial charge >= 0.3 is 5.97 Å². The highest BCUT2D eigenvalue weighted by Crippen LogP contribution is 2.41. The van der Waals surface area contributed by atoms with E-state index in [0.29, 0.717) is 5.75 Å². The second-order valence-electron chi connectivity index (χ2n) is 10.7. The summed E-state index contributed by atoms with van der Waals surface area (Å²) in [5.74, 6) is 1.17. The minimum atomic E-state index is -0.900. The van der Waals surface area contributed by atoms with E-state index in [-0.39, 0.29) is 48.1 Å². The number of alkyl halides is 1. The largest absolute Gasteiger partial charge is 0.491 e. The first-order chi connectivity index (χ1) is 17.4. The first kappa shape index (κ1) is 31.1. The lowest BCUT2D eigenvalue weighted by atomic mass is 9.70. The van der Waals surface area contributed by atoms with Crippen LogP contribution in [0.3, 0.4) is 0 Å². The molecule has 7 heteroatoms. The van der Waals surface area contributed by atoms with E-state index in [9.17, 15) is 9.90 Å². The summed E-state index contributed by atoms with van der Waals surface area (Å²) in [7, 11) is 0. The number of hydrogen-bond donors (Lipinski definition) is 2. The SMILES string of the molecule is CCC(CC)(c1ccc(OCC(O)CO)c(C)c1)c1ccc(OCC(OC(=O)CBr)C(C)(C)C)c(C)c1. The molecular formula is C30H43BrO6. The van der Waals surface area contributed by atoms with Crippen LogP contribution in [0.2, 0.25) is 0 Å². The molecule has 0 aliphatic rings. The molecule has 2 atom stereocenters. The van der Waals surface area contributed by atoms with Crippen molar-refractivity contribution in [2.24, 2.45) is 5.41 Å². The van der Waals surface area contributed by atoms with Crippen molar-refractivity contribution < 1.29 is 29.2 Å². The van der Waals surface area contributed by atoms with E-state index in [1.165, 1.54) is 11.1 Å². The van der Waals surface area contributed by atoms with E-state index >= 15 is 0 Å². The number of carbonyl (C=O) groups is 1. The molecule has 37 heavy (non-hydrogen) atoms. The molecule has 0 fully saturated rings. The van der Waals surface area contributed by atoms with E-state index in [4.69, 9.17) is 19.3 Å². The van der Waals surface area contributed by atoms with Crippen molar-refractivity contribution >= 4 is 21.9 Å². The van der Waals surface area contributed by atoms with Gasteiger partial charge in [-0.3, -0.25) is 4.79 Å². The number of rotatable bonds is 13. The lowest BCUT2D eigenvalue weighted by Gasteiger charge is -2.34. The maximum Gasteiger partial charge on any atom is 0.316 e. The quantitative estimate of drug-likeness (QED) is 0.228. The molecule has 6 nitrogen and oxygen atoms in total. The van der Waals surface area contributed by atoms with E-state index in [0.717, 1.165) is 29.7 Å². The van der Waals surface area contributed by atoms with Crippen molar-refractivity contribution in [3.05, 3.63) is 58.7 Å². The maximum atomic E-state index is 11.9. The zero-order chi connectivity index (χ0) is 27.8. The maximum absolute atomic E-state index is 11.9. The summed E-state index contributed by atoms with van der Waals surface area (Å²) in [4.78, 5) is 11.9. The van der Waals surface area contributed by atoms with Crippen LogP contribution in [0.1, 0.15) is 69.7 Å². The molecule has 2 aromatic carbocycles. The number of carbonyl (C=O) groups excluding carboxylic acids is 1. The molecule has 2 aromatic rings. The highest BCUT2D eigenvalue weighted by atomic mass is 79.9. The first-order valence-electron chi connectivity index (χ1n) is 12.9. The lowest BCUT2D eigenvalue weighted by Crippen LogP contribution is -2.37. The number of aliphatic hydroxyl groups is 2. The van der Waals surface area contributed by atoms with Gasteiger partial charge in [-0.15, -0.1) is 0 Å². The number of aliphatic hydroxyl groups excluding tert-OH is 2. The first-order valence-corrected chi connectivity index (χ1v) is 14.1. The fraction of sp³-hybridized carbons (Fsp3) is 0.567. The average molecular weight is 580 g/mol. The van der Waals surface area contributed by atoms with Gasteiger partial charge in [-0.25, -0.2) is 0 Å². The molecule has 206 valence electrons. The minimum absolute atomic E-state index is 0.0510. The third-order valence-corrected chi connectivity index (χ3v) is 7.50. The summed E-state index contributed by atoms with van der Waals surface area (Å²) >= 11 is 3.16. The Morgan fingerprint density at radius 2 is 1.41 bits per heavy atom. The predicted octanol–water partition coefficient (Wildman–Crippen LogP) is 5.87. The molecule has 2 unspecified atom stereocenters. The van der Waals surface area contributed by atoms with Gasteiger partial charge in [0.25, 0.3) is 0 Å². The van der Waals surface area contributed by atoms with E-state index in [2.05, 4.69) is 54.0 Å². The lowest BCUT2D eigenvalue weighted by molar-refractivity contribution is -0.153. The van der Waals surface area contributed by atoms with Crippen molar-refractivity contribution in [1.82, 2.24) is 0 Å². The molecule has 0 saturated heterocycles. The normalized spacial score (nSPS) is 13.7. The number of benzene rings is 2. The summed E-state index contributed by atoms with van der Waals surface area (Å²) in [5.41, 5.74) is 3.98. The van der Waals surface area contributed by atoms with Crippen LogP contribution in [0.5, 0.6) is 11.5 Å². The van der Waals surface area contributed by atoms with Crippen LogP contribution in [0, 0.1) is 19.3 Å². The van der Waals surface area contributed by atoms with Crippen LogP contribution in [0.4, 0.5) is 0 Å². The zero-order valence-corrected chi connectivity index (χ0v) is 24.9. The van der Waals surface area contributed by atoms with Crippen LogP contribution in [0.15, 0.2) is 36.4 Å². The third kappa shape index (κ3) is 7.95. The monoisotopic (exact) mass is 578 g/mol. The van der Waals surface area contributed by atoms with Crippen molar-refractivity contribution in [3.63, 3.8) is 0 Å². The van der Waals surface area contributed by atoms with Gasteiger partial charge in [-0.1, -0.05) is 74.8 Å². The smallest absolute Gasteiger partial charge is 0.316 e. The molecule has 0 aliphatic carbocycles. The van der Waals surface area contributed by atoms with Gasteiger partial charge in [-0.05, 0) is 61.1 Å². The topological polar surface area (TPSA) is 85.2 Å². The molecule has 0 heterocycles. The van der Waals surface area contributed by atoms with Crippen molar-refractivity contribution in [2.75, 3.05) is 25.2 Å². The van der Waals surface area contributed by atoms with Gasteiger partial charge in [0.15, 0.2) is 0 Å². The van der Waals surface area contributed by atoms with Gasteiger partial charge < -0.3 is 24.4 Å². The Labute approximate surface area is 230 Å². The predicted molar refractivity (Wildman–Crippen MR) is 151 cm³/mol. The van der Waals surface area contributed by atoms with Crippen molar-refractivity contribution in [2.45, 2.75) is 78.9 Å². The number of ether oxygens (including phenoxy) is 3. The zero-order valence-electron chi connectivity index (χ0n) is 23.3. The molecule has 0 radical (unpaired) electrons. The highest BCUT2D eigenvalue weighted by molar-refractivity contribution is 9.09. The van der Waals surface area contributed by atoms with Crippen molar-refractivity contribution in [1.29, 1.82) is 0 Å². The molecule has 0 spiro atoms. The Bertz CT molecular complexity index is 1030. The summed E-state index contributed by atoms with van der Waals surface area (Å²) in [6.45, 7) is 14.5. The summed E-state index contributed by atoms with van der Waals surface area (Å²) < 4.78 is 17.5. The molecular weight excluding hydrogens is 536 g/mol. The van der Waals surface area contributed by atoms with Crippen LogP contribution in [0.25, 0.3) is 0 Å². The molecule has 0 amide bonds. The highest BCUT2D eigenvalue weighted by Gasteiger charge is 2.32. The molecule has 0 bridgehead atoms. The second kappa shape index (κ2) is 13.6. The van der Waals surface area contributed by atoms with Gasteiger partial charge in [-0.2, -0.15) is 0 Å². The number of hydrogen-bond acceptors (Lipinski definition) is 6. The minimum Gasteiger partial charge on any atom is -0.491 e. The average Bonchev–Trinajstić information content (AvgIpc) is 2.86. The van der Waals surface area contributed by atoms with Gasteiger partial charge in [0.1, 0.15) is 42.3 Å². The number of aryl methyl sites for hydroxylation is 2. The van der Waals surface area contributed by atoms with Crippen LogP contribution in [-0.4, -0.2) is 53.5 Å². The van der Waals surface area contributed by atoms with Crippen LogP contribution in [-0.2, 0) is 14.9 Å². The summed E-state index contributed by atoms with van der Waals surface area (Å²) in [6.07, 6.45) is 0.564. The Balaban J connectivity index is 2.30. The summed E-state index contributed by atoms with van der Waals surface area (Å²) in [5, 5.41) is 18.8. The molecule has 2 N–H and O–H groups in total. The van der Waals surface area contributed by atoms with Gasteiger partial charge in [0, 0.05) is 10.8 Å². The van der Waals surface area contributed by atoms with Crippen LogP contribution < -0.4 is 9.47 Å². The molecule has 0 aliphatic heterocycles. The van der Waals surface area contributed by atoms with Crippen molar-refractivity contribution in [3.8, 4) is 11.5 Å². The number of esters is 1. The fourth-order valence-electron chi connectivity index (χ4n) is 4.51. The Hall–Kier alpha value is -2.09. The Morgan fingerprint density at radius 1 is 0.919 bits per heavy atom. The number of halogens is 1. The molecule has 0 saturated carbocycles. The standard InChI is InChI=1S/C30H43BrO6/c1-8-30(9-2,22-10-12-25(20(3)14-22)35-18-24(33)17-32)23-11-13-26(21(4)15-23)36-19-27(29(5,6)7)37-28(34)16-31/h10-15,24,27,32-33H,8-9,16-19H2,1-7H3. The molecule has 0 aromatic heterocycles. The Kier molecular flexibility index (Phi) is 11.5. The molecule has 2 rings (SSSR count). The second-order valence-corrected chi connectivity index (χ2v) is 11.2. The van der Waals surface area contributed by atoms with E-state index in [1.54, 1.807) is 0 Å². The van der Waals surface area contributed by atoms with Gasteiger partial charge in [0.2, 0.25) is 0 Å². The van der Waals surface area contributed by atoms with E-state index < -0.39 is 6.10 Å². The summed E-state index contributed by atoms with van der Waals surface area (Å²) in [6, 6.07) is 12.5. The van der Waals surface area contributed by atoms with E-state index in [1.807, 2.05) is 46.8 Å².